The van der Waals surface area contributed by atoms with Crippen LogP contribution in [0.4, 0.5) is 13.2 Å². The molecule has 0 spiro atoms. The standard InChI is InChI=1S/C19H16BrF3N2O2S/c20-14-5-6-18(16(11-14)19(21,22)23)28(26,27)25-10-7-15-13(3-1-4-17(15)25)12-24-8-2-9-24/h1,3-7,10-11H,2,8-9,12H2. The van der Waals surface area contributed by atoms with Crippen LogP contribution in [0, 0.1) is 0 Å². The third-order valence-electron chi connectivity index (χ3n) is 4.91. The van der Waals surface area contributed by atoms with Crippen LogP contribution in [0.25, 0.3) is 10.9 Å². The van der Waals surface area contributed by atoms with Crippen molar-refractivity contribution in [1.29, 1.82) is 0 Å². The van der Waals surface area contributed by atoms with Gasteiger partial charge in [0.25, 0.3) is 10.0 Å². The lowest BCUT2D eigenvalue weighted by atomic mass is 10.1. The Morgan fingerprint density at radius 2 is 1.82 bits per heavy atom. The lowest BCUT2D eigenvalue weighted by molar-refractivity contribution is -0.139. The monoisotopic (exact) mass is 472 g/mol. The Labute approximate surface area is 168 Å². The number of hydrogen-bond acceptors (Lipinski definition) is 3. The van der Waals surface area contributed by atoms with Crippen LogP contribution in [-0.2, 0) is 22.7 Å². The number of fused-ring (bicyclic) bond motifs is 1. The van der Waals surface area contributed by atoms with E-state index in [1.165, 1.54) is 12.3 Å². The molecule has 1 saturated heterocycles. The van der Waals surface area contributed by atoms with Crippen molar-refractivity contribution in [3.8, 4) is 0 Å². The molecule has 1 fully saturated rings. The second-order valence-electron chi connectivity index (χ2n) is 6.73. The predicted molar refractivity (Wildman–Crippen MR) is 104 cm³/mol. The van der Waals surface area contributed by atoms with Gasteiger partial charge < -0.3 is 0 Å². The molecule has 2 aromatic carbocycles. The largest absolute Gasteiger partial charge is 0.417 e. The van der Waals surface area contributed by atoms with Gasteiger partial charge in [0.05, 0.1) is 11.1 Å². The summed E-state index contributed by atoms with van der Waals surface area (Å²) in [6.07, 6.45) is -2.34. The molecule has 4 nitrogen and oxygen atoms in total. The molecule has 9 heteroatoms. The third-order valence-corrected chi connectivity index (χ3v) is 7.16. The van der Waals surface area contributed by atoms with Crippen LogP contribution in [0.2, 0.25) is 0 Å². The first-order chi connectivity index (χ1) is 13.2. The Hall–Kier alpha value is -1.84. The van der Waals surface area contributed by atoms with Gasteiger partial charge in [-0.2, -0.15) is 13.2 Å². The number of likely N-dealkylation sites (tertiary alicyclic amines) is 1. The molecule has 4 rings (SSSR count). The van der Waals surface area contributed by atoms with E-state index in [9.17, 15) is 21.6 Å². The summed E-state index contributed by atoms with van der Waals surface area (Å²) >= 11 is 2.98. The summed E-state index contributed by atoms with van der Waals surface area (Å²) in [5, 5.41) is 0.726. The number of benzene rings is 2. The van der Waals surface area contributed by atoms with Gasteiger partial charge in [-0.15, -0.1) is 0 Å². The maximum Gasteiger partial charge on any atom is 0.417 e. The van der Waals surface area contributed by atoms with E-state index in [1.807, 2.05) is 6.07 Å². The first-order valence-corrected chi connectivity index (χ1v) is 10.8. The summed E-state index contributed by atoms with van der Waals surface area (Å²) in [6, 6.07) is 9.97. The van der Waals surface area contributed by atoms with E-state index in [0.29, 0.717) is 12.1 Å². The average molecular weight is 473 g/mol. The lowest BCUT2D eigenvalue weighted by Gasteiger charge is -2.30. The molecule has 0 aliphatic carbocycles. The number of hydrogen-bond donors (Lipinski definition) is 0. The molecule has 3 aromatic rings. The highest BCUT2D eigenvalue weighted by Crippen LogP contribution is 2.37. The number of alkyl halides is 3. The molecule has 1 aliphatic heterocycles. The van der Waals surface area contributed by atoms with E-state index < -0.39 is 26.7 Å². The van der Waals surface area contributed by atoms with E-state index in [1.54, 1.807) is 18.2 Å². The minimum Gasteiger partial charge on any atom is -0.299 e. The van der Waals surface area contributed by atoms with Gasteiger partial charge >= 0.3 is 6.18 Å². The first-order valence-electron chi connectivity index (χ1n) is 8.61. The fraction of sp³-hybridized carbons (Fsp3) is 0.263. The van der Waals surface area contributed by atoms with Gasteiger partial charge in [-0.1, -0.05) is 28.1 Å². The number of aromatic nitrogens is 1. The fourth-order valence-electron chi connectivity index (χ4n) is 3.39. The van der Waals surface area contributed by atoms with Gasteiger partial charge in [-0.25, -0.2) is 12.4 Å². The summed E-state index contributed by atoms with van der Waals surface area (Å²) in [4.78, 5) is 1.46. The molecule has 1 aromatic heterocycles. The Morgan fingerprint density at radius 3 is 2.46 bits per heavy atom. The molecule has 0 saturated carbocycles. The highest BCUT2D eigenvalue weighted by atomic mass is 79.9. The molecular weight excluding hydrogens is 457 g/mol. The Bertz CT molecular complexity index is 1150. The van der Waals surface area contributed by atoms with Crippen molar-refractivity contribution in [2.75, 3.05) is 13.1 Å². The molecule has 0 bridgehead atoms. The van der Waals surface area contributed by atoms with Crippen molar-refractivity contribution in [3.05, 3.63) is 64.3 Å². The van der Waals surface area contributed by atoms with Gasteiger partial charge in [0, 0.05) is 22.6 Å². The van der Waals surface area contributed by atoms with Gasteiger partial charge in [-0.05, 0) is 55.4 Å². The molecule has 0 radical (unpaired) electrons. The van der Waals surface area contributed by atoms with Crippen molar-refractivity contribution < 1.29 is 21.6 Å². The van der Waals surface area contributed by atoms with Gasteiger partial charge in [0.15, 0.2) is 0 Å². The number of nitrogens with zero attached hydrogens (tertiary/aromatic N) is 2. The maximum absolute atomic E-state index is 13.5. The quantitative estimate of drug-likeness (QED) is 0.544. The highest BCUT2D eigenvalue weighted by Gasteiger charge is 2.38. The first kappa shape index (κ1) is 19.5. The second-order valence-corrected chi connectivity index (χ2v) is 9.43. The Morgan fingerprint density at radius 1 is 1.07 bits per heavy atom. The minimum absolute atomic E-state index is 0.160. The average Bonchev–Trinajstić information content (AvgIpc) is 3.02. The molecule has 148 valence electrons. The van der Waals surface area contributed by atoms with Crippen molar-refractivity contribution in [1.82, 2.24) is 8.87 Å². The number of rotatable bonds is 4. The van der Waals surface area contributed by atoms with Gasteiger partial charge in [0.2, 0.25) is 0 Å². The van der Waals surface area contributed by atoms with Crippen LogP contribution in [0.3, 0.4) is 0 Å². The van der Waals surface area contributed by atoms with Gasteiger partial charge in [0.1, 0.15) is 4.90 Å². The van der Waals surface area contributed by atoms with Crippen LogP contribution in [0.1, 0.15) is 17.5 Å². The molecule has 0 amide bonds. The summed E-state index contributed by atoms with van der Waals surface area (Å²) in [6.45, 7) is 2.67. The van der Waals surface area contributed by atoms with Crippen molar-refractivity contribution in [2.24, 2.45) is 0 Å². The van der Waals surface area contributed by atoms with Crippen molar-refractivity contribution in [2.45, 2.75) is 24.0 Å². The summed E-state index contributed by atoms with van der Waals surface area (Å²) in [7, 11) is -4.43. The molecular formula is C19H16BrF3N2O2S. The molecule has 0 N–H and O–H groups in total. The zero-order valence-corrected chi connectivity index (χ0v) is 17.0. The molecule has 0 unspecified atom stereocenters. The molecule has 0 atom stereocenters. The smallest absolute Gasteiger partial charge is 0.299 e. The van der Waals surface area contributed by atoms with Crippen LogP contribution in [0.5, 0.6) is 0 Å². The van der Waals surface area contributed by atoms with Crippen LogP contribution in [-0.4, -0.2) is 30.4 Å². The zero-order chi connectivity index (χ0) is 20.1. The Balaban J connectivity index is 1.85. The normalized spacial score (nSPS) is 15.7. The van der Waals surface area contributed by atoms with E-state index >= 15 is 0 Å². The Kier molecular flexibility index (Phi) is 4.79. The van der Waals surface area contributed by atoms with E-state index in [0.717, 1.165) is 46.6 Å². The van der Waals surface area contributed by atoms with Crippen molar-refractivity contribution in [3.63, 3.8) is 0 Å². The lowest BCUT2D eigenvalue weighted by Crippen LogP contribution is -2.36. The second kappa shape index (κ2) is 6.89. The number of halogens is 4. The third kappa shape index (κ3) is 3.35. The summed E-state index contributed by atoms with van der Waals surface area (Å²) in [5.74, 6) is 0. The van der Waals surface area contributed by atoms with Crippen LogP contribution < -0.4 is 0 Å². The van der Waals surface area contributed by atoms with E-state index in [-0.39, 0.29) is 4.47 Å². The van der Waals surface area contributed by atoms with Crippen molar-refractivity contribution >= 4 is 36.9 Å². The summed E-state index contributed by atoms with van der Waals surface area (Å²) in [5.41, 5.74) is 0.132. The van der Waals surface area contributed by atoms with Crippen LogP contribution in [0.15, 0.2) is 58.0 Å². The van der Waals surface area contributed by atoms with Gasteiger partial charge in [-0.3, -0.25) is 4.90 Å². The van der Waals surface area contributed by atoms with E-state index in [2.05, 4.69) is 20.8 Å². The highest BCUT2D eigenvalue weighted by molar-refractivity contribution is 9.10. The van der Waals surface area contributed by atoms with Crippen LogP contribution >= 0.6 is 15.9 Å². The topological polar surface area (TPSA) is 42.3 Å². The maximum atomic E-state index is 13.5. The SMILES string of the molecule is O=S(=O)(c1ccc(Br)cc1C(F)(F)F)n1ccc2c(CN3CCC3)cccc21. The molecule has 28 heavy (non-hydrogen) atoms. The predicted octanol–water partition coefficient (Wildman–Crippen LogP) is 4.87. The summed E-state index contributed by atoms with van der Waals surface area (Å²) < 4.78 is 67.7. The fourth-order valence-corrected chi connectivity index (χ4v) is 5.29. The zero-order valence-electron chi connectivity index (χ0n) is 14.6. The minimum atomic E-state index is -4.79. The molecule has 2 heterocycles. The van der Waals surface area contributed by atoms with E-state index in [4.69, 9.17) is 0 Å². The molecule has 1 aliphatic rings.